The van der Waals surface area contributed by atoms with Crippen LogP contribution in [0.1, 0.15) is 5.69 Å². The predicted octanol–water partition coefficient (Wildman–Crippen LogP) is 0.461. The molecule has 1 N–H and O–H groups in total. The molecule has 0 aromatic carbocycles. The lowest BCUT2D eigenvalue weighted by atomic mass is 10.5. The molecule has 0 atom stereocenters. The molecule has 62 valence electrons. The summed E-state index contributed by atoms with van der Waals surface area (Å²) in [6.45, 7) is 1.97. The molecule has 2 aromatic rings. The Hall–Kier alpha value is -1.58. The van der Waals surface area contributed by atoms with Crippen molar-refractivity contribution in [3.05, 3.63) is 29.6 Å². The smallest absolute Gasteiger partial charge is 0.152 e. The molecule has 12 heavy (non-hydrogen) atoms. The number of fused-ring (bicyclic) bond motifs is 1. The minimum atomic E-state index is 0.484. The molecule has 0 radical (unpaired) electrons. The maximum atomic E-state index is 7.70. The number of aryl methyl sites for hydroxylation is 2. The Morgan fingerprint density at radius 1 is 1.42 bits per heavy atom. The summed E-state index contributed by atoms with van der Waals surface area (Å²) in [5.41, 5.74) is 2.38. The van der Waals surface area contributed by atoms with Gasteiger partial charge in [0.15, 0.2) is 5.49 Å². The van der Waals surface area contributed by atoms with Crippen molar-refractivity contribution < 1.29 is 0 Å². The van der Waals surface area contributed by atoms with Crippen LogP contribution in [0.5, 0.6) is 0 Å². The summed E-state index contributed by atoms with van der Waals surface area (Å²) < 4.78 is 3.46. The average molecular weight is 162 g/mol. The van der Waals surface area contributed by atoms with E-state index >= 15 is 0 Å². The molecule has 0 unspecified atom stereocenters. The number of aromatic nitrogens is 3. The van der Waals surface area contributed by atoms with Gasteiger partial charge in [0.25, 0.3) is 0 Å². The van der Waals surface area contributed by atoms with E-state index in [0.717, 1.165) is 11.2 Å². The molecule has 0 aliphatic carbocycles. The van der Waals surface area contributed by atoms with Gasteiger partial charge in [-0.25, -0.2) is 4.52 Å². The average Bonchev–Trinajstić information content (AvgIpc) is 2.41. The highest BCUT2D eigenvalue weighted by Crippen LogP contribution is 2.00. The van der Waals surface area contributed by atoms with E-state index in [9.17, 15) is 0 Å². The second-order valence-electron chi connectivity index (χ2n) is 2.86. The van der Waals surface area contributed by atoms with Crippen molar-refractivity contribution in [2.45, 2.75) is 6.92 Å². The lowest BCUT2D eigenvalue weighted by Gasteiger charge is -2.00. The van der Waals surface area contributed by atoms with E-state index in [4.69, 9.17) is 5.41 Å². The lowest BCUT2D eigenvalue weighted by Crippen LogP contribution is -2.19. The van der Waals surface area contributed by atoms with Crippen molar-refractivity contribution in [3.8, 4) is 0 Å². The third kappa shape index (κ3) is 0.777. The van der Waals surface area contributed by atoms with Crippen molar-refractivity contribution in [1.29, 1.82) is 5.41 Å². The van der Waals surface area contributed by atoms with E-state index in [1.165, 1.54) is 0 Å². The van der Waals surface area contributed by atoms with E-state index in [1.807, 2.05) is 26.1 Å². The van der Waals surface area contributed by atoms with Gasteiger partial charge in [-0.05, 0) is 19.1 Å². The fourth-order valence-electron chi connectivity index (χ4n) is 1.23. The van der Waals surface area contributed by atoms with Gasteiger partial charge in [0, 0.05) is 12.7 Å². The Balaban J connectivity index is 3.03. The summed E-state index contributed by atoms with van der Waals surface area (Å²) in [4.78, 5) is 0. The summed E-state index contributed by atoms with van der Waals surface area (Å²) >= 11 is 0. The molecule has 0 spiro atoms. The molecule has 0 saturated heterocycles. The van der Waals surface area contributed by atoms with Crippen LogP contribution < -0.4 is 5.49 Å². The minimum absolute atomic E-state index is 0.484. The monoisotopic (exact) mass is 162 g/mol. The van der Waals surface area contributed by atoms with Crippen LogP contribution >= 0.6 is 0 Å². The number of hydrogen-bond donors (Lipinski definition) is 1. The number of nitrogens with one attached hydrogen (secondary N) is 1. The van der Waals surface area contributed by atoms with Crippen LogP contribution in [0, 0.1) is 12.3 Å². The Labute approximate surface area is 69.6 Å². The van der Waals surface area contributed by atoms with Gasteiger partial charge in [-0.1, -0.05) is 0 Å². The third-order valence-electron chi connectivity index (χ3n) is 1.98. The molecule has 0 aliphatic rings. The summed E-state index contributed by atoms with van der Waals surface area (Å²) in [6.07, 6.45) is 1.64. The Kier molecular flexibility index (Phi) is 1.30. The molecule has 2 aromatic heterocycles. The van der Waals surface area contributed by atoms with Gasteiger partial charge in [-0.3, -0.25) is 5.41 Å². The second-order valence-corrected chi connectivity index (χ2v) is 2.86. The van der Waals surface area contributed by atoms with Gasteiger partial charge in [0.2, 0.25) is 0 Å². The molecule has 0 saturated carbocycles. The highest BCUT2D eigenvalue weighted by Gasteiger charge is 1.99. The summed E-state index contributed by atoms with van der Waals surface area (Å²) in [5.74, 6) is 0. The standard InChI is InChI=1S/C8H10N4/c1-6-3-4-7-8(9)11(2)5-10-12(6)7/h3-5,9H,1-2H3. The van der Waals surface area contributed by atoms with E-state index in [0.29, 0.717) is 5.49 Å². The number of nitrogens with zero attached hydrogens (tertiary/aromatic N) is 3. The fourth-order valence-corrected chi connectivity index (χ4v) is 1.23. The number of hydrogen-bond acceptors (Lipinski definition) is 2. The first-order chi connectivity index (χ1) is 5.70. The quantitative estimate of drug-likeness (QED) is 0.601. The molecule has 0 bridgehead atoms. The van der Waals surface area contributed by atoms with Crippen LogP contribution in [0.15, 0.2) is 18.5 Å². The second kappa shape index (κ2) is 2.20. The lowest BCUT2D eigenvalue weighted by molar-refractivity contribution is 0.731. The van der Waals surface area contributed by atoms with Crippen LogP contribution in [0.3, 0.4) is 0 Å². The van der Waals surface area contributed by atoms with Gasteiger partial charge in [-0.2, -0.15) is 5.10 Å². The van der Waals surface area contributed by atoms with Gasteiger partial charge in [0.1, 0.15) is 11.8 Å². The zero-order valence-corrected chi connectivity index (χ0v) is 7.07. The Bertz CT molecular complexity index is 477. The van der Waals surface area contributed by atoms with Gasteiger partial charge in [0.05, 0.1) is 0 Å². The van der Waals surface area contributed by atoms with E-state index in [2.05, 4.69) is 5.10 Å². The largest absolute Gasteiger partial charge is 0.317 e. The van der Waals surface area contributed by atoms with E-state index < -0.39 is 0 Å². The topological polar surface area (TPSA) is 46.1 Å². The van der Waals surface area contributed by atoms with Crippen molar-refractivity contribution in [1.82, 2.24) is 14.2 Å². The first-order valence-corrected chi connectivity index (χ1v) is 3.75. The predicted molar refractivity (Wildman–Crippen MR) is 44.8 cm³/mol. The van der Waals surface area contributed by atoms with Crippen molar-refractivity contribution in [2.24, 2.45) is 7.05 Å². The molecular formula is C8H10N4. The Morgan fingerprint density at radius 3 is 2.92 bits per heavy atom. The van der Waals surface area contributed by atoms with Crippen molar-refractivity contribution in [2.75, 3.05) is 0 Å². The highest BCUT2D eigenvalue weighted by atomic mass is 15.3. The normalized spacial score (nSPS) is 10.8. The summed E-state index contributed by atoms with van der Waals surface area (Å²) in [6, 6.07) is 3.87. The van der Waals surface area contributed by atoms with Crippen LogP contribution in [0.2, 0.25) is 0 Å². The molecule has 4 heteroatoms. The Morgan fingerprint density at radius 2 is 2.17 bits per heavy atom. The first kappa shape index (κ1) is 7.09. The number of rotatable bonds is 0. The zero-order valence-electron chi connectivity index (χ0n) is 7.07. The molecule has 0 fully saturated rings. The third-order valence-corrected chi connectivity index (χ3v) is 1.98. The van der Waals surface area contributed by atoms with Crippen molar-refractivity contribution >= 4 is 5.52 Å². The minimum Gasteiger partial charge on any atom is -0.317 e. The first-order valence-electron chi connectivity index (χ1n) is 3.75. The molecular weight excluding hydrogens is 152 g/mol. The van der Waals surface area contributed by atoms with Crippen molar-refractivity contribution in [3.63, 3.8) is 0 Å². The molecule has 4 nitrogen and oxygen atoms in total. The van der Waals surface area contributed by atoms with Crippen LogP contribution in [-0.2, 0) is 7.05 Å². The van der Waals surface area contributed by atoms with Gasteiger partial charge in [-0.15, -0.1) is 0 Å². The maximum absolute atomic E-state index is 7.70. The zero-order chi connectivity index (χ0) is 8.72. The summed E-state index contributed by atoms with van der Waals surface area (Å²) in [5, 5.41) is 11.9. The van der Waals surface area contributed by atoms with Gasteiger partial charge < -0.3 is 4.57 Å². The van der Waals surface area contributed by atoms with Gasteiger partial charge >= 0.3 is 0 Å². The molecule has 0 amide bonds. The fraction of sp³-hybridized carbons (Fsp3) is 0.250. The maximum Gasteiger partial charge on any atom is 0.152 e. The van der Waals surface area contributed by atoms with Crippen LogP contribution in [0.4, 0.5) is 0 Å². The highest BCUT2D eigenvalue weighted by molar-refractivity contribution is 5.44. The van der Waals surface area contributed by atoms with Crippen LogP contribution in [-0.4, -0.2) is 14.2 Å². The SMILES string of the molecule is Cc1ccc2c(=N)n(C)cnn12. The molecule has 2 rings (SSSR count). The van der Waals surface area contributed by atoms with E-state index in [1.54, 1.807) is 15.4 Å². The van der Waals surface area contributed by atoms with E-state index in [-0.39, 0.29) is 0 Å². The molecule has 2 heterocycles. The van der Waals surface area contributed by atoms with Crippen LogP contribution in [0.25, 0.3) is 5.52 Å². The summed E-state index contributed by atoms with van der Waals surface area (Å²) in [7, 11) is 1.82. The molecule has 0 aliphatic heterocycles.